The van der Waals surface area contributed by atoms with Gasteiger partial charge in [0.15, 0.2) is 0 Å². The van der Waals surface area contributed by atoms with E-state index in [0.717, 1.165) is 22.5 Å². The molecule has 0 fully saturated rings. The van der Waals surface area contributed by atoms with Crippen molar-refractivity contribution in [3.63, 3.8) is 0 Å². The third kappa shape index (κ3) is 8.43. The Labute approximate surface area is 243 Å². The first-order valence-electron chi connectivity index (χ1n) is 14.3. The molecule has 189 valence electrons. The van der Waals surface area contributed by atoms with Crippen molar-refractivity contribution in [3.05, 3.63) is 138 Å². The van der Waals surface area contributed by atoms with Crippen molar-refractivity contribution < 1.29 is 27.0 Å². The van der Waals surface area contributed by atoms with Crippen molar-refractivity contribution in [2.24, 2.45) is 0 Å². The molecule has 5 aromatic rings. The van der Waals surface area contributed by atoms with Crippen LogP contribution in [0.1, 0.15) is 23.5 Å². The van der Waals surface area contributed by atoms with Gasteiger partial charge in [-0.05, 0) is 40.1 Å². The molecule has 0 aliphatic rings. The van der Waals surface area contributed by atoms with Gasteiger partial charge in [0.25, 0.3) is 0 Å². The Kier molecular flexibility index (Phi) is 7.92. The van der Waals surface area contributed by atoms with Gasteiger partial charge < -0.3 is 9.97 Å². The summed E-state index contributed by atoms with van der Waals surface area (Å²) in [6.45, 7) is 4.76. The van der Waals surface area contributed by atoms with Crippen LogP contribution in [0.2, 0.25) is 19.6 Å². The van der Waals surface area contributed by atoms with Crippen LogP contribution in [0.5, 0.6) is 0 Å². The fourth-order valence-electron chi connectivity index (χ4n) is 3.48. The van der Waals surface area contributed by atoms with Gasteiger partial charge >= 0.3 is 0 Å². The number of nitrogens with zero attached hydrogens (tertiary/aromatic N) is 2. The second kappa shape index (κ2) is 13.4. The minimum Gasteiger partial charge on any atom is -0.305 e. The fourth-order valence-corrected chi connectivity index (χ4v) is 4.51. The molecule has 3 aromatic carbocycles. The van der Waals surface area contributed by atoms with Gasteiger partial charge in [0.2, 0.25) is 0 Å². The maximum Gasteiger partial charge on any atom is 0.0795 e. The monoisotopic (exact) mass is 682 g/mol. The van der Waals surface area contributed by atoms with Gasteiger partial charge in [0.05, 0.1) is 8.07 Å². The second-order valence-corrected chi connectivity index (χ2v) is 14.4. The summed E-state index contributed by atoms with van der Waals surface area (Å²) in [5, 5.41) is 1.31. The number of rotatable bonds is 5. The molecule has 2 heterocycles. The molecule has 0 aliphatic carbocycles. The predicted octanol–water partition coefficient (Wildman–Crippen LogP) is 7.54. The third-order valence-electron chi connectivity index (χ3n) is 5.53. The van der Waals surface area contributed by atoms with E-state index in [1.165, 1.54) is 11.3 Å². The quantitative estimate of drug-likeness (QED) is 0.142. The van der Waals surface area contributed by atoms with Gasteiger partial charge in [-0.25, -0.2) is 0 Å². The first-order valence-corrected chi connectivity index (χ1v) is 15.3. The number of hydrogen-bond donors (Lipinski definition) is 0. The van der Waals surface area contributed by atoms with Gasteiger partial charge in [-0.15, -0.1) is 71.3 Å². The number of hydrogen-bond acceptors (Lipinski definition) is 2. The molecule has 0 saturated heterocycles. The number of benzene rings is 3. The summed E-state index contributed by atoms with van der Waals surface area (Å²) in [4.78, 5) is 8.79. The van der Waals surface area contributed by atoms with Crippen LogP contribution in [0.4, 0.5) is 0 Å². The molecule has 0 amide bonds. The van der Waals surface area contributed by atoms with Crippen molar-refractivity contribution >= 4 is 13.3 Å². The van der Waals surface area contributed by atoms with Crippen LogP contribution >= 0.6 is 0 Å². The number of aromatic nitrogens is 2. The van der Waals surface area contributed by atoms with Crippen molar-refractivity contribution in [2.75, 3.05) is 0 Å². The molecule has 5 rings (SSSR count). The summed E-state index contributed by atoms with van der Waals surface area (Å²) in [5.41, 5.74) is 4.77. The first kappa shape index (κ1) is 21.9. The van der Waals surface area contributed by atoms with Crippen LogP contribution in [-0.2, 0) is 26.5 Å². The normalized spacial score (nSPS) is 13.3. The summed E-state index contributed by atoms with van der Waals surface area (Å²) in [5.74, 6) is 0. The molecule has 0 saturated carbocycles. The molecular formula is C33H32IrN2Si-2. The maximum absolute atomic E-state index is 8.40. The summed E-state index contributed by atoms with van der Waals surface area (Å²) >= 11 is 0. The minimum absolute atomic E-state index is 0. The van der Waals surface area contributed by atoms with E-state index in [1.807, 2.05) is 54.7 Å². The van der Waals surface area contributed by atoms with E-state index < -0.39 is 21.3 Å². The zero-order valence-electron chi connectivity index (χ0n) is 26.1. The van der Waals surface area contributed by atoms with Crippen LogP contribution in [0.25, 0.3) is 22.5 Å². The topological polar surface area (TPSA) is 25.8 Å². The SMILES string of the molecule is [2H]C([2H])([2H])c1c[c-]c(-c2ccc([Si](C)(C)C)cn2)cc1.[2H]C([2H])(c1ccccc1)c1ccnc(-c2[c-]cccc2)c1.[Ir]. The van der Waals surface area contributed by atoms with E-state index in [0.29, 0.717) is 16.7 Å². The van der Waals surface area contributed by atoms with E-state index in [-0.39, 0.29) is 20.1 Å². The predicted molar refractivity (Wildman–Crippen MR) is 154 cm³/mol. The molecule has 0 atom stereocenters. The summed E-state index contributed by atoms with van der Waals surface area (Å²) < 4.78 is 38.8. The van der Waals surface area contributed by atoms with Gasteiger partial charge in [-0.1, -0.05) is 75.0 Å². The minimum atomic E-state index is -2.08. The molecule has 1 radical (unpaired) electrons. The molecular weight excluding hydrogens is 645 g/mol. The van der Waals surface area contributed by atoms with Crippen molar-refractivity contribution in [1.82, 2.24) is 9.97 Å². The molecule has 0 spiro atoms. The molecule has 0 bridgehead atoms. The van der Waals surface area contributed by atoms with Gasteiger partial charge in [-0.2, -0.15) is 0 Å². The average molecular weight is 682 g/mol. The Bertz CT molecular complexity index is 1500. The maximum atomic E-state index is 8.40. The average Bonchev–Trinajstić information content (AvgIpc) is 2.98. The van der Waals surface area contributed by atoms with Crippen LogP contribution in [-0.4, -0.2) is 18.0 Å². The summed E-state index contributed by atoms with van der Waals surface area (Å²) in [6, 6.07) is 35.4. The van der Waals surface area contributed by atoms with Crippen LogP contribution in [0, 0.1) is 19.0 Å². The number of aryl methyl sites for hydroxylation is 1. The third-order valence-corrected chi connectivity index (χ3v) is 7.55. The van der Waals surface area contributed by atoms with E-state index in [4.69, 9.17) is 6.85 Å². The second-order valence-electron chi connectivity index (χ2n) is 9.37. The molecule has 0 aliphatic heterocycles. The van der Waals surface area contributed by atoms with Crippen molar-refractivity contribution in [2.45, 2.75) is 32.9 Å². The van der Waals surface area contributed by atoms with Crippen molar-refractivity contribution in [1.29, 1.82) is 0 Å². The van der Waals surface area contributed by atoms with E-state index in [9.17, 15) is 0 Å². The first-order chi connectivity index (χ1) is 19.4. The largest absolute Gasteiger partial charge is 0.305 e. The van der Waals surface area contributed by atoms with E-state index in [1.54, 1.807) is 42.6 Å². The molecule has 0 N–H and O–H groups in total. The summed E-state index contributed by atoms with van der Waals surface area (Å²) in [6.07, 6.45) is 2.02. The Morgan fingerprint density at radius 1 is 0.784 bits per heavy atom. The standard InChI is InChI=1S/C18H14N.C15H18NSi.Ir/c1-3-7-15(8-4-1)13-16-11-12-19-18(14-16)17-9-5-2-6-10-17;1-12-5-7-13(8-6-12)15-10-9-14(11-16-15)17(2,3)4;/h1-9,11-12,14H,13H2;5-7,9-11H,1-4H3;/q2*-1;/i13D2;1D3;. The van der Waals surface area contributed by atoms with Crippen LogP contribution in [0.15, 0.2) is 109 Å². The zero-order valence-corrected chi connectivity index (χ0v) is 24.5. The van der Waals surface area contributed by atoms with Gasteiger partial charge in [0, 0.05) is 39.4 Å². The van der Waals surface area contributed by atoms with Crippen LogP contribution < -0.4 is 5.19 Å². The Morgan fingerprint density at radius 3 is 2.19 bits per heavy atom. The smallest absolute Gasteiger partial charge is 0.0795 e. The Balaban J connectivity index is 0.000000225. The molecule has 2 nitrogen and oxygen atoms in total. The van der Waals surface area contributed by atoms with Crippen molar-refractivity contribution in [3.8, 4) is 22.5 Å². The van der Waals surface area contributed by atoms with Crippen LogP contribution in [0.3, 0.4) is 0 Å². The van der Waals surface area contributed by atoms with E-state index >= 15 is 0 Å². The van der Waals surface area contributed by atoms with Gasteiger partial charge in [0.1, 0.15) is 0 Å². The van der Waals surface area contributed by atoms with E-state index in [2.05, 4.69) is 47.8 Å². The zero-order chi connectivity index (χ0) is 29.7. The number of pyridine rings is 2. The molecule has 0 unspecified atom stereocenters. The Morgan fingerprint density at radius 2 is 1.57 bits per heavy atom. The Hall–Kier alpha value is -3.17. The molecule has 37 heavy (non-hydrogen) atoms. The summed E-state index contributed by atoms with van der Waals surface area (Å²) in [7, 11) is -1.34. The fraction of sp³-hybridized carbons (Fsp3) is 0.152. The molecule has 2 aromatic heterocycles. The van der Waals surface area contributed by atoms with Gasteiger partial charge in [-0.3, -0.25) is 0 Å². The molecule has 4 heteroatoms.